The molecule has 0 spiro atoms. The molecule has 0 fully saturated rings. The predicted octanol–water partition coefficient (Wildman–Crippen LogP) is 5.96. The topological polar surface area (TPSA) is 101 Å². The van der Waals surface area contributed by atoms with Gasteiger partial charge in [0.05, 0.1) is 10.5 Å². The maximum Gasteiger partial charge on any atom is 0.387 e. The standard InChI is InChI=1S/C20H26F2N3O4S2/c1-10(2)13-7-12(29-17(21)22)8-14(11(3)4)16(13)24-18(26)25-31(28)19-23-9-15(30-19)20(5,6)27/h7-11,17,27H,1-6H3,(H,24,26)/q-1. The van der Waals surface area contributed by atoms with Crippen molar-refractivity contribution in [3.63, 3.8) is 0 Å². The number of hydrogen-bond donors (Lipinski definition) is 2. The minimum absolute atomic E-state index is 0.00264. The summed E-state index contributed by atoms with van der Waals surface area (Å²) in [5.41, 5.74) is 0.459. The zero-order chi connectivity index (χ0) is 23.5. The Labute approximate surface area is 186 Å². The molecule has 0 atom stereocenters. The summed E-state index contributed by atoms with van der Waals surface area (Å²) in [5.74, 6) is -0.233. The first kappa shape index (κ1) is 25.2. The highest BCUT2D eigenvalue weighted by molar-refractivity contribution is 7.77. The minimum atomic E-state index is -2.97. The second-order valence-corrected chi connectivity index (χ2v) is 10.3. The Kier molecular flexibility index (Phi) is 8.12. The van der Waals surface area contributed by atoms with Crippen LogP contribution in [0.4, 0.5) is 19.3 Å². The largest absolute Gasteiger partial charge is 0.437 e. The Morgan fingerprint density at radius 2 is 1.77 bits per heavy atom. The van der Waals surface area contributed by atoms with Crippen molar-refractivity contribution in [2.75, 3.05) is 5.32 Å². The molecular formula is C20H26F2N3O4S2-. The van der Waals surface area contributed by atoms with Crippen molar-refractivity contribution in [2.45, 2.75) is 69.9 Å². The highest BCUT2D eigenvalue weighted by Gasteiger charge is 2.20. The number of alkyl halides is 2. The smallest absolute Gasteiger partial charge is 0.387 e. The molecule has 31 heavy (non-hydrogen) atoms. The lowest BCUT2D eigenvalue weighted by Crippen LogP contribution is -2.13. The van der Waals surface area contributed by atoms with Gasteiger partial charge in [0.1, 0.15) is 5.75 Å². The van der Waals surface area contributed by atoms with Crippen LogP contribution >= 0.6 is 11.3 Å². The van der Waals surface area contributed by atoms with Gasteiger partial charge in [-0.15, -0.1) is 21.9 Å². The van der Waals surface area contributed by atoms with Crippen LogP contribution in [0.1, 0.15) is 69.4 Å². The molecule has 0 saturated heterocycles. The van der Waals surface area contributed by atoms with Crippen LogP contribution in [0.2, 0.25) is 0 Å². The van der Waals surface area contributed by atoms with E-state index in [0.29, 0.717) is 21.7 Å². The highest BCUT2D eigenvalue weighted by Crippen LogP contribution is 2.37. The number of nitrogens with zero attached hydrogens (tertiary/aromatic N) is 2. The van der Waals surface area contributed by atoms with Crippen molar-refractivity contribution in [2.24, 2.45) is 4.36 Å². The van der Waals surface area contributed by atoms with Gasteiger partial charge in [0.15, 0.2) is 0 Å². The summed E-state index contributed by atoms with van der Waals surface area (Å²) in [6.45, 7) is 7.58. The van der Waals surface area contributed by atoms with E-state index in [9.17, 15) is 22.9 Å². The molecule has 1 heterocycles. The molecule has 0 unspecified atom stereocenters. The molecule has 2 N–H and O–H groups in total. The highest BCUT2D eigenvalue weighted by atomic mass is 32.2. The van der Waals surface area contributed by atoms with E-state index >= 15 is 0 Å². The Balaban J connectivity index is 2.39. The maximum absolute atomic E-state index is 12.7. The summed E-state index contributed by atoms with van der Waals surface area (Å²) >= 11 is 0.997. The van der Waals surface area contributed by atoms with Crippen LogP contribution in [-0.2, 0) is 20.4 Å². The van der Waals surface area contributed by atoms with Crippen molar-refractivity contribution in [1.29, 1.82) is 0 Å². The fourth-order valence-electron chi connectivity index (χ4n) is 2.75. The molecule has 11 heteroatoms. The molecule has 172 valence electrons. The molecule has 2 aromatic rings. The van der Waals surface area contributed by atoms with Crippen LogP contribution < -0.4 is 10.1 Å². The molecule has 0 bridgehead atoms. The van der Waals surface area contributed by atoms with Crippen LogP contribution in [-0.4, -0.2) is 22.7 Å². The van der Waals surface area contributed by atoms with E-state index in [1.54, 1.807) is 13.8 Å². The molecule has 0 saturated carbocycles. The average Bonchev–Trinajstić information content (AvgIpc) is 3.12. The fraction of sp³-hybridized carbons (Fsp3) is 0.500. The van der Waals surface area contributed by atoms with Gasteiger partial charge in [0.25, 0.3) is 0 Å². The first-order valence-corrected chi connectivity index (χ1v) is 11.5. The number of carbonyl (C=O) groups is 1. The van der Waals surface area contributed by atoms with E-state index in [1.165, 1.54) is 18.3 Å². The zero-order valence-electron chi connectivity index (χ0n) is 18.1. The number of rotatable bonds is 7. The summed E-state index contributed by atoms with van der Waals surface area (Å²) in [5, 5.41) is 12.7. The number of nitrogens with one attached hydrogen (secondary N) is 1. The van der Waals surface area contributed by atoms with Gasteiger partial charge in [-0.25, -0.2) is 4.79 Å². The van der Waals surface area contributed by atoms with Crippen molar-refractivity contribution in [3.05, 3.63) is 34.3 Å². The monoisotopic (exact) mass is 474 g/mol. The lowest BCUT2D eigenvalue weighted by atomic mass is 9.92. The SMILES string of the molecule is CC(C)c1cc(OC(F)F)cc(C(C)C)c1NC(=O)N=[S-](=O)c1ncc(C(C)(C)O)s1. The fourth-order valence-corrected chi connectivity index (χ4v) is 4.48. The second kappa shape index (κ2) is 10.0. The second-order valence-electron chi connectivity index (χ2n) is 7.98. The van der Waals surface area contributed by atoms with E-state index in [2.05, 4.69) is 19.4 Å². The first-order valence-electron chi connectivity index (χ1n) is 9.55. The van der Waals surface area contributed by atoms with Gasteiger partial charge in [-0.3, -0.25) is 4.98 Å². The average molecular weight is 475 g/mol. The molecule has 0 aliphatic heterocycles. The number of ether oxygens (including phenoxy) is 1. The molecule has 0 aliphatic rings. The summed E-state index contributed by atoms with van der Waals surface area (Å²) in [4.78, 5) is 17.0. The van der Waals surface area contributed by atoms with Crippen LogP contribution in [0.15, 0.2) is 27.0 Å². The Morgan fingerprint density at radius 3 is 2.19 bits per heavy atom. The number of amides is 2. The third-order valence-electron chi connectivity index (χ3n) is 4.28. The number of benzene rings is 1. The van der Waals surface area contributed by atoms with Gasteiger partial charge >= 0.3 is 12.6 Å². The number of thiazole rings is 1. The maximum atomic E-state index is 12.7. The number of halogens is 2. The van der Waals surface area contributed by atoms with Crippen molar-refractivity contribution < 1.29 is 27.6 Å². The van der Waals surface area contributed by atoms with Gasteiger partial charge in [-0.1, -0.05) is 27.7 Å². The van der Waals surface area contributed by atoms with E-state index in [1.807, 2.05) is 27.7 Å². The van der Waals surface area contributed by atoms with E-state index in [4.69, 9.17) is 0 Å². The molecular weight excluding hydrogens is 448 g/mol. The van der Waals surface area contributed by atoms with Crippen molar-refractivity contribution >= 4 is 33.7 Å². The molecule has 1 aromatic heterocycles. The van der Waals surface area contributed by atoms with E-state index in [0.717, 1.165) is 11.3 Å². The lowest BCUT2D eigenvalue weighted by molar-refractivity contribution is -0.0499. The molecule has 0 aliphatic carbocycles. The quantitative estimate of drug-likeness (QED) is 0.483. The Morgan fingerprint density at radius 1 is 1.23 bits per heavy atom. The third kappa shape index (κ3) is 6.68. The molecule has 2 amide bonds. The van der Waals surface area contributed by atoms with Gasteiger partial charge in [0, 0.05) is 16.2 Å². The normalized spacial score (nSPS) is 13.3. The van der Waals surface area contributed by atoms with Crippen molar-refractivity contribution in [1.82, 2.24) is 4.98 Å². The van der Waals surface area contributed by atoms with Gasteiger partial charge in [-0.05, 0) is 48.9 Å². The third-order valence-corrected chi connectivity index (χ3v) is 6.80. The minimum Gasteiger partial charge on any atom is -0.437 e. The summed E-state index contributed by atoms with van der Waals surface area (Å²) in [7, 11) is -2.06. The summed E-state index contributed by atoms with van der Waals surface area (Å²) in [6.07, 6.45) is 1.39. The number of hydrogen-bond acceptors (Lipinski definition) is 7. The Hall–Kier alpha value is -2.11. The zero-order valence-corrected chi connectivity index (χ0v) is 19.7. The van der Waals surface area contributed by atoms with E-state index in [-0.39, 0.29) is 21.9 Å². The van der Waals surface area contributed by atoms with Gasteiger partial charge in [-0.2, -0.15) is 8.78 Å². The number of anilines is 1. The predicted molar refractivity (Wildman–Crippen MR) is 116 cm³/mol. The number of carbonyl (C=O) groups excluding carboxylic acids is 1. The van der Waals surface area contributed by atoms with E-state index < -0.39 is 28.8 Å². The number of urea groups is 1. The Bertz CT molecular complexity index is 995. The molecule has 1 aromatic carbocycles. The van der Waals surface area contributed by atoms with Crippen LogP contribution in [0.3, 0.4) is 0 Å². The molecule has 0 radical (unpaired) electrons. The summed E-state index contributed by atoms with van der Waals surface area (Å²) < 4.78 is 46.2. The van der Waals surface area contributed by atoms with Crippen LogP contribution in [0.5, 0.6) is 5.75 Å². The molecule has 7 nitrogen and oxygen atoms in total. The lowest BCUT2D eigenvalue weighted by Gasteiger charge is -2.21. The number of aromatic nitrogens is 1. The van der Waals surface area contributed by atoms with Crippen molar-refractivity contribution in [3.8, 4) is 5.75 Å². The first-order chi connectivity index (χ1) is 14.3. The van der Waals surface area contributed by atoms with Crippen LogP contribution in [0, 0.1) is 0 Å². The van der Waals surface area contributed by atoms with Gasteiger partial charge < -0.3 is 23.7 Å². The van der Waals surface area contributed by atoms with Gasteiger partial charge in [0.2, 0.25) is 0 Å². The number of aliphatic hydroxyl groups is 1. The van der Waals surface area contributed by atoms with Crippen LogP contribution in [0.25, 0.3) is 0 Å². The molecule has 2 rings (SSSR count). The summed E-state index contributed by atoms with van der Waals surface area (Å²) in [6, 6.07) is 2.04.